The summed E-state index contributed by atoms with van der Waals surface area (Å²) in [5, 5.41) is 1.67. The summed E-state index contributed by atoms with van der Waals surface area (Å²) in [5.74, 6) is 0.00630. The van der Waals surface area contributed by atoms with Gasteiger partial charge in [-0.15, -0.1) is 0 Å². The highest BCUT2D eigenvalue weighted by Gasteiger charge is 2.31. The maximum absolute atomic E-state index is 12.1. The van der Waals surface area contributed by atoms with Crippen molar-refractivity contribution in [1.82, 2.24) is 10.4 Å². The molecule has 0 aliphatic heterocycles. The van der Waals surface area contributed by atoms with E-state index in [9.17, 15) is 4.79 Å². The Hall–Kier alpha value is -1.35. The second-order valence-electron chi connectivity index (χ2n) is 4.78. The van der Waals surface area contributed by atoms with Gasteiger partial charge in [-0.25, -0.2) is 5.01 Å². The van der Waals surface area contributed by atoms with Gasteiger partial charge in [0.2, 0.25) is 5.91 Å². The van der Waals surface area contributed by atoms with Gasteiger partial charge >= 0.3 is 0 Å². The summed E-state index contributed by atoms with van der Waals surface area (Å²) in [5.41, 5.74) is 4.49. The molecular formula is C13H20N2O. The lowest BCUT2D eigenvalue weighted by Gasteiger charge is -2.27. The van der Waals surface area contributed by atoms with Crippen LogP contribution in [0.5, 0.6) is 0 Å². The van der Waals surface area contributed by atoms with Crippen LogP contribution in [0.2, 0.25) is 0 Å². The number of hydrogen-bond donors (Lipinski definition) is 1. The van der Waals surface area contributed by atoms with E-state index in [1.807, 2.05) is 59.1 Å². The Balaban J connectivity index is 3.02. The van der Waals surface area contributed by atoms with Crippen molar-refractivity contribution in [3.05, 3.63) is 35.4 Å². The van der Waals surface area contributed by atoms with E-state index in [2.05, 4.69) is 5.43 Å². The number of nitrogens with zero attached hydrogens (tertiary/aromatic N) is 1. The van der Waals surface area contributed by atoms with E-state index in [4.69, 9.17) is 0 Å². The molecule has 0 aliphatic carbocycles. The molecule has 0 radical (unpaired) electrons. The maximum Gasteiger partial charge on any atom is 0.244 e. The molecule has 3 nitrogen and oxygen atoms in total. The summed E-state index contributed by atoms with van der Waals surface area (Å²) in [6.45, 7) is 5.91. The van der Waals surface area contributed by atoms with Crippen LogP contribution in [0.1, 0.15) is 25.0 Å². The zero-order valence-electron chi connectivity index (χ0n) is 10.7. The van der Waals surface area contributed by atoms with E-state index in [-0.39, 0.29) is 5.91 Å². The molecule has 0 atom stereocenters. The molecule has 0 saturated heterocycles. The van der Waals surface area contributed by atoms with E-state index in [0.717, 1.165) is 11.1 Å². The molecule has 1 amide bonds. The smallest absolute Gasteiger partial charge is 0.244 e. The summed E-state index contributed by atoms with van der Waals surface area (Å²) >= 11 is 0. The average Bonchev–Trinajstić information content (AvgIpc) is 2.16. The second kappa shape index (κ2) is 4.66. The van der Waals surface area contributed by atoms with E-state index in [1.165, 1.54) is 0 Å². The molecule has 3 heteroatoms. The largest absolute Gasteiger partial charge is 0.289 e. The lowest BCUT2D eigenvalue weighted by molar-refractivity contribution is -0.129. The van der Waals surface area contributed by atoms with Crippen molar-refractivity contribution in [3.63, 3.8) is 0 Å². The van der Waals surface area contributed by atoms with Gasteiger partial charge < -0.3 is 0 Å². The summed E-state index contributed by atoms with van der Waals surface area (Å²) in [6, 6.07) is 7.98. The molecule has 1 aromatic rings. The summed E-state index contributed by atoms with van der Waals surface area (Å²) < 4.78 is 0. The van der Waals surface area contributed by atoms with Crippen molar-refractivity contribution in [2.75, 3.05) is 14.1 Å². The highest BCUT2D eigenvalue weighted by molar-refractivity contribution is 5.87. The quantitative estimate of drug-likeness (QED) is 0.789. The minimum absolute atomic E-state index is 0.00630. The van der Waals surface area contributed by atoms with Crippen LogP contribution >= 0.6 is 0 Å². The van der Waals surface area contributed by atoms with Crippen molar-refractivity contribution in [1.29, 1.82) is 0 Å². The Morgan fingerprint density at radius 3 is 2.31 bits per heavy atom. The monoisotopic (exact) mass is 220 g/mol. The van der Waals surface area contributed by atoms with Crippen molar-refractivity contribution in [3.8, 4) is 0 Å². The number of carbonyl (C=O) groups excluding carboxylic acids is 1. The van der Waals surface area contributed by atoms with Crippen LogP contribution in [0, 0.1) is 6.92 Å². The zero-order chi connectivity index (χ0) is 12.3. The van der Waals surface area contributed by atoms with Gasteiger partial charge in [0.1, 0.15) is 0 Å². The molecule has 16 heavy (non-hydrogen) atoms. The fourth-order valence-corrected chi connectivity index (χ4v) is 1.74. The van der Waals surface area contributed by atoms with Crippen LogP contribution in [-0.2, 0) is 10.2 Å². The van der Waals surface area contributed by atoms with Gasteiger partial charge in [-0.3, -0.25) is 10.2 Å². The predicted molar refractivity (Wildman–Crippen MR) is 66.0 cm³/mol. The van der Waals surface area contributed by atoms with Crippen LogP contribution < -0.4 is 5.43 Å². The van der Waals surface area contributed by atoms with Gasteiger partial charge in [-0.05, 0) is 31.9 Å². The Morgan fingerprint density at radius 2 is 1.81 bits per heavy atom. The zero-order valence-corrected chi connectivity index (χ0v) is 10.7. The number of hydrogen-bond acceptors (Lipinski definition) is 2. The first-order chi connectivity index (χ1) is 7.35. The van der Waals surface area contributed by atoms with Crippen LogP contribution in [0.25, 0.3) is 0 Å². The van der Waals surface area contributed by atoms with Crippen LogP contribution in [0.4, 0.5) is 0 Å². The highest BCUT2D eigenvalue weighted by atomic mass is 16.2. The Morgan fingerprint density at radius 1 is 1.25 bits per heavy atom. The lowest BCUT2D eigenvalue weighted by Crippen LogP contribution is -2.46. The number of benzene rings is 1. The second-order valence-corrected chi connectivity index (χ2v) is 4.78. The van der Waals surface area contributed by atoms with E-state index in [0.29, 0.717) is 0 Å². The van der Waals surface area contributed by atoms with Crippen molar-refractivity contribution in [2.45, 2.75) is 26.2 Å². The number of hydrazine groups is 1. The number of nitrogens with one attached hydrogen (secondary N) is 1. The van der Waals surface area contributed by atoms with Crippen molar-refractivity contribution < 1.29 is 4.79 Å². The Kier molecular flexibility index (Phi) is 3.70. The number of rotatable bonds is 3. The van der Waals surface area contributed by atoms with Crippen LogP contribution in [0.15, 0.2) is 24.3 Å². The lowest BCUT2D eigenvalue weighted by atomic mass is 9.81. The molecule has 1 aromatic carbocycles. The molecule has 0 spiro atoms. The first-order valence-corrected chi connectivity index (χ1v) is 5.40. The molecule has 1 rings (SSSR count). The third kappa shape index (κ3) is 2.61. The standard InChI is InChI=1S/C13H20N2O/c1-10-8-6-7-9-11(10)13(2,3)12(16)14-15(4)5/h6-9H,1-5H3,(H,14,16). The fraction of sp³-hybridized carbons (Fsp3) is 0.462. The molecule has 0 bridgehead atoms. The van der Waals surface area contributed by atoms with Crippen LogP contribution in [-0.4, -0.2) is 25.0 Å². The highest BCUT2D eigenvalue weighted by Crippen LogP contribution is 2.26. The third-order valence-electron chi connectivity index (χ3n) is 2.71. The molecule has 0 saturated carbocycles. The molecule has 88 valence electrons. The Labute approximate surface area is 97.4 Å². The minimum atomic E-state index is -0.518. The third-order valence-corrected chi connectivity index (χ3v) is 2.71. The molecule has 0 aliphatic rings. The maximum atomic E-state index is 12.1. The van der Waals surface area contributed by atoms with Gasteiger partial charge in [-0.1, -0.05) is 24.3 Å². The topological polar surface area (TPSA) is 32.3 Å². The fourth-order valence-electron chi connectivity index (χ4n) is 1.74. The summed E-state index contributed by atoms with van der Waals surface area (Å²) in [7, 11) is 3.62. The van der Waals surface area contributed by atoms with Crippen LogP contribution in [0.3, 0.4) is 0 Å². The van der Waals surface area contributed by atoms with Crippen molar-refractivity contribution >= 4 is 5.91 Å². The van der Waals surface area contributed by atoms with Gasteiger partial charge in [0.25, 0.3) is 0 Å². The van der Waals surface area contributed by atoms with Crippen molar-refractivity contribution in [2.24, 2.45) is 0 Å². The summed E-state index contributed by atoms with van der Waals surface area (Å²) in [4.78, 5) is 12.1. The van der Waals surface area contributed by atoms with E-state index in [1.54, 1.807) is 5.01 Å². The van der Waals surface area contributed by atoms with Gasteiger partial charge in [-0.2, -0.15) is 0 Å². The molecule has 0 fully saturated rings. The number of amides is 1. The molecule has 0 unspecified atom stereocenters. The molecule has 1 N–H and O–H groups in total. The normalized spacial score (nSPS) is 11.6. The summed E-state index contributed by atoms with van der Waals surface area (Å²) in [6.07, 6.45) is 0. The minimum Gasteiger partial charge on any atom is -0.289 e. The number of carbonyl (C=O) groups is 1. The van der Waals surface area contributed by atoms with Gasteiger partial charge in [0.15, 0.2) is 0 Å². The SMILES string of the molecule is Cc1ccccc1C(C)(C)C(=O)NN(C)C. The Bertz CT molecular complexity index is 383. The first kappa shape index (κ1) is 12.7. The molecule has 0 aromatic heterocycles. The predicted octanol–water partition coefficient (Wildman–Crippen LogP) is 1.87. The average molecular weight is 220 g/mol. The van der Waals surface area contributed by atoms with Gasteiger partial charge in [0.05, 0.1) is 5.41 Å². The number of aryl methyl sites for hydroxylation is 1. The van der Waals surface area contributed by atoms with Gasteiger partial charge in [0, 0.05) is 14.1 Å². The van der Waals surface area contributed by atoms with E-state index >= 15 is 0 Å². The molecular weight excluding hydrogens is 200 g/mol. The molecule has 0 heterocycles. The van der Waals surface area contributed by atoms with E-state index < -0.39 is 5.41 Å². The first-order valence-electron chi connectivity index (χ1n) is 5.40.